The van der Waals surface area contributed by atoms with E-state index in [9.17, 15) is 18.3 Å². The Morgan fingerprint density at radius 3 is 2.14 bits per heavy atom. The summed E-state index contributed by atoms with van der Waals surface area (Å²) < 4.78 is 37.5. The summed E-state index contributed by atoms with van der Waals surface area (Å²) in [5, 5.41) is 10.2. The fourth-order valence-corrected chi connectivity index (χ4v) is 2.14. The van der Waals surface area contributed by atoms with Crippen molar-refractivity contribution >= 4 is 0 Å². The Morgan fingerprint density at radius 2 is 1.62 bits per heavy atom. The van der Waals surface area contributed by atoms with Crippen LogP contribution in [-0.4, -0.2) is 5.11 Å². The maximum absolute atomic E-state index is 12.5. The Labute approximate surface area is 121 Å². The number of aryl methyl sites for hydroxylation is 1. The summed E-state index contributed by atoms with van der Waals surface area (Å²) in [6, 6.07) is 11.0. The lowest BCUT2D eigenvalue weighted by atomic mass is 9.95. The second-order valence-corrected chi connectivity index (χ2v) is 5.00. The monoisotopic (exact) mass is 295 g/mol. The zero-order valence-electron chi connectivity index (χ0n) is 11.4. The van der Waals surface area contributed by atoms with E-state index in [1.54, 1.807) is 18.2 Å². The Kier molecular flexibility index (Phi) is 4.34. The second-order valence-electron chi connectivity index (χ2n) is 5.00. The van der Waals surface area contributed by atoms with Crippen LogP contribution >= 0.6 is 0 Å². The average molecular weight is 295 g/mol. The number of nitrogens with two attached hydrogens (primary N) is 1. The lowest BCUT2D eigenvalue weighted by Crippen LogP contribution is -2.20. The van der Waals surface area contributed by atoms with Crippen LogP contribution < -0.4 is 5.73 Å². The summed E-state index contributed by atoms with van der Waals surface area (Å²) in [5.74, 6) is 0. The number of aliphatic hydroxyl groups is 1. The summed E-state index contributed by atoms with van der Waals surface area (Å²) in [6.07, 6.45) is -5.35. The van der Waals surface area contributed by atoms with E-state index in [4.69, 9.17) is 5.73 Å². The van der Waals surface area contributed by atoms with Gasteiger partial charge in [0.25, 0.3) is 0 Å². The molecule has 3 N–H and O–H groups in total. The molecule has 2 nitrogen and oxygen atoms in total. The molecule has 2 aromatic carbocycles. The average Bonchev–Trinajstić information content (AvgIpc) is 2.45. The highest BCUT2D eigenvalue weighted by molar-refractivity contribution is 5.31. The first-order chi connectivity index (χ1) is 9.79. The number of benzene rings is 2. The first-order valence-corrected chi connectivity index (χ1v) is 6.46. The van der Waals surface area contributed by atoms with E-state index in [2.05, 4.69) is 0 Å². The van der Waals surface area contributed by atoms with E-state index in [1.165, 1.54) is 12.1 Å². The summed E-state index contributed by atoms with van der Waals surface area (Å²) >= 11 is 0. The van der Waals surface area contributed by atoms with E-state index in [-0.39, 0.29) is 0 Å². The minimum atomic E-state index is -4.38. The standard InChI is InChI=1S/C16H16F3NO/c1-10-3-2-4-12(9-10)15(21)14(20)11-5-7-13(8-6-11)16(17,18)19/h2-9,14-15,21H,20H2,1H3/t14-,15?/m1/s1. The molecule has 5 heteroatoms. The van der Waals surface area contributed by atoms with Crippen molar-refractivity contribution in [3.63, 3.8) is 0 Å². The molecule has 2 rings (SSSR count). The maximum Gasteiger partial charge on any atom is 0.416 e. The van der Waals surface area contributed by atoms with E-state index in [0.717, 1.165) is 17.7 Å². The highest BCUT2D eigenvalue weighted by Crippen LogP contribution is 2.32. The predicted octanol–water partition coefficient (Wildman–Crippen LogP) is 3.75. The van der Waals surface area contributed by atoms with Gasteiger partial charge in [0.15, 0.2) is 0 Å². The van der Waals surface area contributed by atoms with Gasteiger partial charge in [-0.05, 0) is 30.2 Å². The zero-order chi connectivity index (χ0) is 15.6. The molecule has 0 saturated heterocycles. The van der Waals surface area contributed by atoms with Crippen molar-refractivity contribution in [2.75, 3.05) is 0 Å². The van der Waals surface area contributed by atoms with Gasteiger partial charge in [-0.15, -0.1) is 0 Å². The third-order valence-corrected chi connectivity index (χ3v) is 3.35. The Morgan fingerprint density at radius 1 is 1.00 bits per heavy atom. The predicted molar refractivity (Wildman–Crippen MR) is 74.5 cm³/mol. The van der Waals surface area contributed by atoms with Crippen molar-refractivity contribution in [3.05, 3.63) is 70.8 Å². The Hall–Kier alpha value is -1.85. The molecule has 1 unspecified atom stereocenters. The number of halogens is 3. The minimum absolute atomic E-state index is 0.456. The lowest BCUT2D eigenvalue weighted by molar-refractivity contribution is -0.137. The normalized spacial score (nSPS) is 14.8. The van der Waals surface area contributed by atoms with E-state index in [1.807, 2.05) is 13.0 Å². The highest BCUT2D eigenvalue weighted by Gasteiger charge is 2.30. The number of rotatable bonds is 3. The van der Waals surface area contributed by atoms with Gasteiger partial charge in [0.05, 0.1) is 17.7 Å². The van der Waals surface area contributed by atoms with Crippen LogP contribution in [0, 0.1) is 6.92 Å². The van der Waals surface area contributed by atoms with Crippen LogP contribution in [-0.2, 0) is 6.18 Å². The van der Waals surface area contributed by atoms with Gasteiger partial charge in [0, 0.05) is 0 Å². The SMILES string of the molecule is Cc1cccc(C(O)[C@H](N)c2ccc(C(F)(F)F)cc2)c1. The summed E-state index contributed by atoms with van der Waals surface area (Å²) in [6.45, 7) is 1.89. The highest BCUT2D eigenvalue weighted by atomic mass is 19.4. The Bertz CT molecular complexity index is 608. The third-order valence-electron chi connectivity index (χ3n) is 3.35. The molecule has 0 spiro atoms. The van der Waals surface area contributed by atoms with Crippen LogP contribution in [0.2, 0.25) is 0 Å². The summed E-state index contributed by atoms with van der Waals surface area (Å²) in [7, 11) is 0. The number of hydrogen-bond acceptors (Lipinski definition) is 2. The summed E-state index contributed by atoms with van der Waals surface area (Å²) in [4.78, 5) is 0. The molecule has 2 aromatic rings. The summed E-state index contributed by atoms with van der Waals surface area (Å²) in [5.41, 5.74) is 7.29. The largest absolute Gasteiger partial charge is 0.416 e. The molecule has 0 bridgehead atoms. The van der Waals surface area contributed by atoms with Crippen LogP contribution in [0.3, 0.4) is 0 Å². The molecule has 0 heterocycles. The van der Waals surface area contributed by atoms with Crippen molar-refractivity contribution in [2.24, 2.45) is 5.73 Å². The first-order valence-electron chi connectivity index (χ1n) is 6.46. The van der Waals surface area contributed by atoms with Crippen molar-refractivity contribution in [2.45, 2.75) is 25.2 Å². The molecule has 0 aliphatic heterocycles. The molecular weight excluding hydrogens is 279 g/mol. The van der Waals surface area contributed by atoms with Crippen LogP contribution in [0.5, 0.6) is 0 Å². The smallest absolute Gasteiger partial charge is 0.386 e. The van der Waals surface area contributed by atoms with Crippen LogP contribution in [0.15, 0.2) is 48.5 Å². The molecule has 0 aromatic heterocycles. The van der Waals surface area contributed by atoms with Crippen LogP contribution in [0.4, 0.5) is 13.2 Å². The first kappa shape index (κ1) is 15.5. The minimum Gasteiger partial charge on any atom is -0.386 e. The molecule has 0 aliphatic rings. The second kappa shape index (κ2) is 5.87. The molecule has 0 fully saturated rings. The fourth-order valence-electron chi connectivity index (χ4n) is 2.14. The number of alkyl halides is 3. The molecule has 21 heavy (non-hydrogen) atoms. The van der Waals surface area contributed by atoms with E-state index in [0.29, 0.717) is 11.1 Å². The molecule has 0 aliphatic carbocycles. The fraction of sp³-hybridized carbons (Fsp3) is 0.250. The van der Waals surface area contributed by atoms with Crippen LogP contribution in [0.1, 0.15) is 34.4 Å². The van der Waals surface area contributed by atoms with Gasteiger partial charge in [-0.1, -0.05) is 42.0 Å². The third kappa shape index (κ3) is 3.62. The quantitative estimate of drug-likeness (QED) is 0.906. The number of hydrogen-bond donors (Lipinski definition) is 2. The molecule has 0 saturated carbocycles. The van der Waals surface area contributed by atoms with Gasteiger partial charge in [-0.3, -0.25) is 0 Å². The molecule has 2 atom stereocenters. The van der Waals surface area contributed by atoms with Crippen molar-refractivity contribution in [3.8, 4) is 0 Å². The van der Waals surface area contributed by atoms with Gasteiger partial charge in [0.1, 0.15) is 0 Å². The van der Waals surface area contributed by atoms with Gasteiger partial charge in [0.2, 0.25) is 0 Å². The van der Waals surface area contributed by atoms with E-state index < -0.39 is 23.9 Å². The van der Waals surface area contributed by atoms with E-state index >= 15 is 0 Å². The van der Waals surface area contributed by atoms with Crippen molar-refractivity contribution in [1.82, 2.24) is 0 Å². The van der Waals surface area contributed by atoms with Crippen molar-refractivity contribution < 1.29 is 18.3 Å². The van der Waals surface area contributed by atoms with Gasteiger partial charge in [-0.2, -0.15) is 13.2 Å². The zero-order valence-corrected chi connectivity index (χ0v) is 11.4. The molecular formula is C16H16F3NO. The molecule has 0 amide bonds. The van der Waals surface area contributed by atoms with Gasteiger partial charge in [-0.25, -0.2) is 0 Å². The lowest BCUT2D eigenvalue weighted by Gasteiger charge is -2.20. The number of aliphatic hydroxyl groups excluding tert-OH is 1. The molecule has 112 valence electrons. The maximum atomic E-state index is 12.5. The Balaban J connectivity index is 2.21. The topological polar surface area (TPSA) is 46.2 Å². The van der Waals surface area contributed by atoms with Crippen LogP contribution in [0.25, 0.3) is 0 Å². The van der Waals surface area contributed by atoms with Gasteiger partial charge < -0.3 is 10.8 Å². The molecule has 0 radical (unpaired) electrons. The van der Waals surface area contributed by atoms with Crippen molar-refractivity contribution in [1.29, 1.82) is 0 Å². The van der Waals surface area contributed by atoms with Gasteiger partial charge >= 0.3 is 6.18 Å².